The minimum absolute atomic E-state index is 0.179. The number of aliphatic hydroxyl groups is 1. The van der Waals surface area contributed by atoms with Crippen LogP contribution < -0.4 is 15.4 Å². The molecule has 0 aliphatic rings. The topological polar surface area (TPSA) is 92.2 Å². The van der Waals surface area contributed by atoms with Crippen LogP contribution >= 0.6 is 0 Å². The predicted octanol–water partition coefficient (Wildman–Crippen LogP) is 1.67. The van der Waals surface area contributed by atoms with Crippen molar-refractivity contribution < 1.29 is 9.84 Å². The molecule has 1 aromatic heterocycles. The van der Waals surface area contributed by atoms with Crippen LogP contribution in [-0.2, 0) is 0 Å². The Bertz CT molecular complexity index is 389. The molecule has 1 unspecified atom stereocenters. The molecule has 20 heavy (non-hydrogen) atoms. The first-order valence-electron chi connectivity index (χ1n) is 7.19. The van der Waals surface area contributed by atoms with Crippen molar-refractivity contribution in [3.8, 4) is 6.01 Å². The lowest BCUT2D eigenvalue weighted by Gasteiger charge is -2.14. The number of ether oxygens (including phenoxy) is 1. The highest BCUT2D eigenvalue weighted by Gasteiger charge is 2.09. The van der Waals surface area contributed by atoms with E-state index in [0.717, 1.165) is 25.8 Å². The average Bonchev–Trinajstić information content (AvgIpc) is 2.43. The second-order valence-corrected chi connectivity index (χ2v) is 4.54. The normalized spacial score (nSPS) is 12.0. The second-order valence-electron chi connectivity index (χ2n) is 4.54. The highest BCUT2D eigenvalue weighted by atomic mass is 16.5. The number of rotatable bonds is 10. The lowest BCUT2D eigenvalue weighted by atomic mass is 10.2. The quantitative estimate of drug-likeness (QED) is 0.601. The molecule has 0 radical (unpaired) electrons. The number of nitrogens with zero attached hydrogens (tertiary/aromatic N) is 3. The van der Waals surface area contributed by atoms with Crippen LogP contribution in [0.2, 0.25) is 0 Å². The molecule has 0 amide bonds. The molecule has 1 heterocycles. The Morgan fingerprint density at radius 3 is 2.60 bits per heavy atom. The highest BCUT2D eigenvalue weighted by Crippen LogP contribution is 2.13. The molecule has 0 aliphatic heterocycles. The highest BCUT2D eigenvalue weighted by molar-refractivity contribution is 5.36. The monoisotopic (exact) mass is 283 g/mol. The Balaban J connectivity index is 2.73. The molecule has 114 valence electrons. The van der Waals surface area contributed by atoms with Gasteiger partial charge in [-0.05, 0) is 33.1 Å². The fraction of sp³-hybridized carbons (Fsp3) is 0.769. The Labute approximate surface area is 120 Å². The molecule has 0 aromatic carbocycles. The second kappa shape index (κ2) is 9.30. The van der Waals surface area contributed by atoms with Gasteiger partial charge in [-0.3, -0.25) is 0 Å². The van der Waals surface area contributed by atoms with Crippen LogP contribution in [0.5, 0.6) is 6.01 Å². The predicted molar refractivity (Wildman–Crippen MR) is 79.2 cm³/mol. The van der Waals surface area contributed by atoms with E-state index in [0.29, 0.717) is 24.5 Å². The Morgan fingerprint density at radius 2 is 1.95 bits per heavy atom. The van der Waals surface area contributed by atoms with E-state index in [1.807, 2.05) is 13.8 Å². The van der Waals surface area contributed by atoms with Crippen molar-refractivity contribution in [2.45, 2.75) is 46.1 Å². The molecule has 7 heteroatoms. The molecule has 1 rings (SSSR count). The summed E-state index contributed by atoms with van der Waals surface area (Å²) in [6.07, 6.45) is 2.59. The van der Waals surface area contributed by atoms with Crippen molar-refractivity contribution in [1.82, 2.24) is 15.0 Å². The first-order valence-corrected chi connectivity index (χ1v) is 7.19. The van der Waals surface area contributed by atoms with Gasteiger partial charge in [0.05, 0.1) is 6.61 Å². The van der Waals surface area contributed by atoms with Gasteiger partial charge in [-0.1, -0.05) is 6.92 Å². The maximum Gasteiger partial charge on any atom is 0.323 e. The number of hydrogen-bond donors (Lipinski definition) is 3. The summed E-state index contributed by atoms with van der Waals surface area (Å²) in [5, 5.41) is 15.2. The summed E-state index contributed by atoms with van der Waals surface area (Å²) >= 11 is 0. The molecule has 7 nitrogen and oxygen atoms in total. The van der Waals surface area contributed by atoms with Gasteiger partial charge in [-0.25, -0.2) is 0 Å². The van der Waals surface area contributed by atoms with E-state index >= 15 is 0 Å². The van der Waals surface area contributed by atoms with Crippen molar-refractivity contribution in [3.63, 3.8) is 0 Å². The number of hydrogen-bond acceptors (Lipinski definition) is 7. The van der Waals surface area contributed by atoms with Crippen molar-refractivity contribution in [2.75, 3.05) is 30.4 Å². The van der Waals surface area contributed by atoms with Gasteiger partial charge in [0.25, 0.3) is 0 Å². The Hall–Kier alpha value is -1.63. The van der Waals surface area contributed by atoms with Crippen molar-refractivity contribution in [3.05, 3.63) is 0 Å². The largest absolute Gasteiger partial charge is 0.464 e. The van der Waals surface area contributed by atoms with Crippen LogP contribution in [0.15, 0.2) is 0 Å². The average molecular weight is 283 g/mol. The molecular formula is C13H25N5O2. The molecule has 0 spiro atoms. The van der Waals surface area contributed by atoms with E-state index in [2.05, 4.69) is 32.5 Å². The summed E-state index contributed by atoms with van der Waals surface area (Å²) < 4.78 is 5.35. The van der Waals surface area contributed by atoms with Crippen LogP contribution in [0.4, 0.5) is 11.9 Å². The summed E-state index contributed by atoms with van der Waals surface area (Å²) in [5.41, 5.74) is 0. The van der Waals surface area contributed by atoms with Crippen molar-refractivity contribution in [1.29, 1.82) is 0 Å². The molecule has 0 fully saturated rings. The molecule has 3 N–H and O–H groups in total. The third-order valence-corrected chi connectivity index (χ3v) is 2.59. The molecule has 1 atom stereocenters. The Morgan fingerprint density at radius 1 is 1.20 bits per heavy atom. The van der Waals surface area contributed by atoms with E-state index in [4.69, 9.17) is 9.84 Å². The van der Waals surface area contributed by atoms with Gasteiger partial charge in [0, 0.05) is 19.2 Å². The number of aromatic nitrogens is 3. The first kappa shape index (κ1) is 16.4. The molecule has 0 bridgehead atoms. The lowest BCUT2D eigenvalue weighted by molar-refractivity contribution is 0.282. The maximum atomic E-state index is 8.84. The minimum Gasteiger partial charge on any atom is -0.464 e. The maximum absolute atomic E-state index is 8.84. The summed E-state index contributed by atoms with van der Waals surface area (Å²) in [6, 6.07) is 0.496. The number of nitrogens with one attached hydrogen (secondary N) is 2. The first-order chi connectivity index (χ1) is 9.69. The molecule has 1 aromatic rings. The number of anilines is 2. The molecular weight excluding hydrogens is 258 g/mol. The van der Waals surface area contributed by atoms with E-state index in [-0.39, 0.29) is 12.6 Å². The van der Waals surface area contributed by atoms with Gasteiger partial charge in [0.15, 0.2) is 0 Å². The van der Waals surface area contributed by atoms with Gasteiger partial charge < -0.3 is 20.5 Å². The van der Waals surface area contributed by atoms with Gasteiger partial charge in [-0.2, -0.15) is 15.0 Å². The van der Waals surface area contributed by atoms with E-state index < -0.39 is 0 Å². The van der Waals surface area contributed by atoms with Crippen LogP contribution in [0.3, 0.4) is 0 Å². The fourth-order valence-corrected chi connectivity index (χ4v) is 1.62. The van der Waals surface area contributed by atoms with Gasteiger partial charge in [0.1, 0.15) is 0 Å². The molecule has 0 aliphatic carbocycles. The van der Waals surface area contributed by atoms with E-state index in [9.17, 15) is 0 Å². The SMILES string of the molecule is CCCNc1nc(NC(C)CCCO)nc(OCC)n1. The summed E-state index contributed by atoms with van der Waals surface area (Å²) in [5.74, 6) is 1.01. The zero-order valence-electron chi connectivity index (χ0n) is 12.5. The van der Waals surface area contributed by atoms with Gasteiger partial charge in [-0.15, -0.1) is 0 Å². The van der Waals surface area contributed by atoms with Crippen LogP contribution in [0, 0.1) is 0 Å². The summed E-state index contributed by atoms with van der Waals surface area (Å²) in [6.45, 7) is 7.50. The number of aliphatic hydroxyl groups excluding tert-OH is 1. The van der Waals surface area contributed by atoms with Crippen LogP contribution in [-0.4, -0.2) is 45.9 Å². The van der Waals surface area contributed by atoms with Gasteiger partial charge >= 0.3 is 6.01 Å². The third kappa shape index (κ3) is 6.01. The lowest BCUT2D eigenvalue weighted by Crippen LogP contribution is -2.19. The standard InChI is InChI=1S/C13H25N5O2/c1-4-8-14-11-16-12(15-10(3)7-6-9-19)18-13(17-11)20-5-2/h10,19H,4-9H2,1-3H3,(H2,14,15,16,17,18). The summed E-state index contributed by atoms with van der Waals surface area (Å²) in [7, 11) is 0. The zero-order chi connectivity index (χ0) is 14.8. The van der Waals surface area contributed by atoms with Crippen LogP contribution in [0.1, 0.15) is 40.0 Å². The van der Waals surface area contributed by atoms with Crippen LogP contribution in [0.25, 0.3) is 0 Å². The smallest absolute Gasteiger partial charge is 0.323 e. The van der Waals surface area contributed by atoms with Gasteiger partial charge in [0.2, 0.25) is 11.9 Å². The minimum atomic E-state index is 0.179. The zero-order valence-corrected chi connectivity index (χ0v) is 12.5. The molecule has 0 saturated carbocycles. The summed E-state index contributed by atoms with van der Waals surface area (Å²) in [4.78, 5) is 12.7. The van der Waals surface area contributed by atoms with Crippen molar-refractivity contribution >= 4 is 11.9 Å². The van der Waals surface area contributed by atoms with E-state index in [1.54, 1.807) is 0 Å². The Kier molecular flexibility index (Phi) is 7.64. The van der Waals surface area contributed by atoms with Crippen molar-refractivity contribution in [2.24, 2.45) is 0 Å². The third-order valence-electron chi connectivity index (χ3n) is 2.59. The molecule has 0 saturated heterocycles. The van der Waals surface area contributed by atoms with E-state index in [1.165, 1.54) is 0 Å². The fourth-order valence-electron chi connectivity index (χ4n) is 1.62.